The maximum absolute atomic E-state index is 13.1. The monoisotopic (exact) mass is 346 g/mol. The summed E-state index contributed by atoms with van der Waals surface area (Å²) in [6, 6.07) is 16.9. The largest absolute Gasteiger partial charge is 0.349 e. The summed E-state index contributed by atoms with van der Waals surface area (Å²) in [5.41, 5.74) is 2.47. The second-order valence-electron chi connectivity index (χ2n) is 6.51. The molecule has 4 nitrogen and oxygen atoms in total. The van der Waals surface area contributed by atoms with E-state index >= 15 is 0 Å². The van der Waals surface area contributed by atoms with Gasteiger partial charge in [-0.3, -0.25) is 9.59 Å². The number of benzene rings is 2. The van der Waals surface area contributed by atoms with Gasteiger partial charge in [-0.1, -0.05) is 36.4 Å². The van der Waals surface area contributed by atoms with Crippen LogP contribution in [-0.2, 0) is 4.79 Å². The maximum Gasteiger partial charge on any atom is 0.258 e. The molecule has 2 unspecified atom stereocenters. The molecule has 1 N–H and O–H groups in total. The van der Waals surface area contributed by atoms with Gasteiger partial charge < -0.3 is 10.2 Å². The van der Waals surface area contributed by atoms with Crippen molar-refractivity contribution in [2.75, 3.05) is 4.90 Å². The zero-order valence-corrected chi connectivity index (χ0v) is 14.8. The van der Waals surface area contributed by atoms with Crippen molar-refractivity contribution in [3.63, 3.8) is 0 Å². The predicted molar refractivity (Wildman–Crippen MR) is 103 cm³/mol. The van der Waals surface area contributed by atoms with Crippen LogP contribution in [0.15, 0.2) is 54.6 Å². The van der Waals surface area contributed by atoms with Crippen LogP contribution in [0.5, 0.6) is 0 Å². The number of nitrogens with zero attached hydrogens (tertiary/aromatic N) is 1. The lowest BCUT2D eigenvalue weighted by molar-refractivity contribution is -0.121. The zero-order valence-electron chi connectivity index (χ0n) is 14.8. The molecule has 1 aliphatic rings. The number of rotatable bonds is 4. The highest BCUT2D eigenvalue weighted by Gasteiger charge is 2.34. The van der Waals surface area contributed by atoms with Crippen molar-refractivity contribution in [2.45, 2.75) is 38.3 Å². The fraction of sp³-hybridized carbons (Fsp3) is 0.273. The molecule has 1 aliphatic heterocycles. The molecule has 2 aromatic carbocycles. The van der Waals surface area contributed by atoms with Crippen molar-refractivity contribution in [2.24, 2.45) is 0 Å². The van der Waals surface area contributed by atoms with Crippen LogP contribution in [0.4, 0.5) is 5.69 Å². The Morgan fingerprint density at radius 3 is 2.58 bits per heavy atom. The molecule has 0 aliphatic carbocycles. The van der Waals surface area contributed by atoms with Crippen molar-refractivity contribution in [3.8, 4) is 12.3 Å². The van der Waals surface area contributed by atoms with Gasteiger partial charge in [0.15, 0.2) is 0 Å². The van der Waals surface area contributed by atoms with Crippen LogP contribution in [0.1, 0.15) is 48.1 Å². The SMILES string of the molecule is C#CCCC(=O)NC1CC(C)N(C(=O)c2ccccc2)c2ccccc21. The first-order valence-corrected chi connectivity index (χ1v) is 8.82. The van der Waals surface area contributed by atoms with Gasteiger partial charge in [0.05, 0.1) is 6.04 Å². The van der Waals surface area contributed by atoms with Crippen LogP contribution >= 0.6 is 0 Å². The lowest BCUT2D eigenvalue weighted by atomic mass is 9.91. The van der Waals surface area contributed by atoms with Gasteiger partial charge in [-0.15, -0.1) is 12.3 Å². The van der Waals surface area contributed by atoms with E-state index in [0.717, 1.165) is 11.3 Å². The first-order chi connectivity index (χ1) is 12.6. The normalized spacial score (nSPS) is 18.5. The lowest BCUT2D eigenvalue weighted by Gasteiger charge is -2.39. The van der Waals surface area contributed by atoms with Crippen LogP contribution in [-0.4, -0.2) is 17.9 Å². The summed E-state index contributed by atoms with van der Waals surface area (Å²) in [5.74, 6) is 2.41. The molecule has 0 spiro atoms. The lowest BCUT2D eigenvalue weighted by Crippen LogP contribution is -2.46. The number of terminal acetylenes is 1. The van der Waals surface area contributed by atoms with E-state index in [4.69, 9.17) is 6.42 Å². The average molecular weight is 346 g/mol. The molecular formula is C22H22N2O2. The molecule has 0 aromatic heterocycles. The van der Waals surface area contributed by atoms with Gasteiger partial charge >= 0.3 is 0 Å². The topological polar surface area (TPSA) is 49.4 Å². The summed E-state index contributed by atoms with van der Waals surface area (Å²) in [6.07, 6.45) is 6.65. The minimum atomic E-state index is -0.119. The maximum atomic E-state index is 13.1. The van der Waals surface area contributed by atoms with Crippen molar-refractivity contribution < 1.29 is 9.59 Å². The molecule has 1 heterocycles. The van der Waals surface area contributed by atoms with E-state index in [1.165, 1.54) is 0 Å². The average Bonchev–Trinajstić information content (AvgIpc) is 2.67. The Balaban J connectivity index is 1.89. The second kappa shape index (κ2) is 7.88. The van der Waals surface area contributed by atoms with Gasteiger partial charge in [-0.05, 0) is 37.1 Å². The van der Waals surface area contributed by atoms with Crippen molar-refractivity contribution in [1.82, 2.24) is 5.32 Å². The number of carbonyl (C=O) groups excluding carboxylic acids is 2. The molecule has 132 valence electrons. The molecule has 0 saturated heterocycles. The summed E-state index contributed by atoms with van der Waals surface area (Å²) in [7, 11) is 0. The van der Waals surface area contributed by atoms with Crippen molar-refractivity contribution in [3.05, 3.63) is 65.7 Å². The van der Waals surface area contributed by atoms with Gasteiger partial charge in [0, 0.05) is 30.1 Å². The molecule has 0 radical (unpaired) electrons. The third-order valence-corrected chi connectivity index (χ3v) is 4.66. The van der Waals surface area contributed by atoms with Crippen LogP contribution in [0.25, 0.3) is 0 Å². The van der Waals surface area contributed by atoms with Gasteiger partial charge in [0.1, 0.15) is 0 Å². The summed E-state index contributed by atoms with van der Waals surface area (Å²) in [5, 5.41) is 3.07. The Morgan fingerprint density at radius 1 is 1.15 bits per heavy atom. The summed E-state index contributed by atoms with van der Waals surface area (Å²) >= 11 is 0. The van der Waals surface area contributed by atoms with E-state index in [0.29, 0.717) is 24.8 Å². The van der Waals surface area contributed by atoms with Gasteiger partial charge in [-0.2, -0.15) is 0 Å². The standard InChI is InChI=1S/C22H22N2O2/c1-3-4-14-21(25)23-19-15-16(2)24(20-13-9-8-12-18(19)20)22(26)17-10-6-5-7-11-17/h1,5-13,16,19H,4,14-15H2,2H3,(H,23,25). The zero-order chi connectivity index (χ0) is 18.5. The first kappa shape index (κ1) is 17.8. The van der Waals surface area contributed by atoms with E-state index in [1.54, 1.807) is 0 Å². The molecule has 0 fully saturated rings. The fourth-order valence-electron chi connectivity index (χ4n) is 3.43. The molecular weight excluding hydrogens is 324 g/mol. The Kier molecular flexibility index (Phi) is 5.38. The Hall–Kier alpha value is -3.06. The molecule has 4 heteroatoms. The Labute approximate surface area is 154 Å². The van der Waals surface area contributed by atoms with Gasteiger partial charge in [-0.25, -0.2) is 0 Å². The number of para-hydroxylation sites is 1. The van der Waals surface area contributed by atoms with Crippen LogP contribution in [0.2, 0.25) is 0 Å². The second-order valence-corrected chi connectivity index (χ2v) is 6.51. The van der Waals surface area contributed by atoms with E-state index in [9.17, 15) is 9.59 Å². The van der Waals surface area contributed by atoms with Gasteiger partial charge in [0.25, 0.3) is 5.91 Å². The number of nitrogens with one attached hydrogen (secondary N) is 1. The highest BCUT2D eigenvalue weighted by Crippen LogP contribution is 2.37. The molecule has 2 aromatic rings. The molecule has 0 saturated carbocycles. The van der Waals surface area contributed by atoms with Crippen LogP contribution in [0.3, 0.4) is 0 Å². The molecule has 3 rings (SSSR count). The predicted octanol–water partition coefficient (Wildman–Crippen LogP) is 3.70. The fourth-order valence-corrected chi connectivity index (χ4v) is 3.43. The summed E-state index contributed by atoms with van der Waals surface area (Å²) < 4.78 is 0. The molecule has 2 amide bonds. The van der Waals surface area contributed by atoms with Crippen molar-refractivity contribution >= 4 is 17.5 Å². The number of hydrogen-bond donors (Lipinski definition) is 1. The van der Waals surface area contributed by atoms with Gasteiger partial charge in [0.2, 0.25) is 5.91 Å². The summed E-state index contributed by atoms with van der Waals surface area (Å²) in [4.78, 5) is 27.0. The van der Waals surface area contributed by atoms with E-state index < -0.39 is 0 Å². The number of fused-ring (bicyclic) bond motifs is 1. The Morgan fingerprint density at radius 2 is 1.85 bits per heavy atom. The van der Waals surface area contributed by atoms with Crippen LogP contribution in [0, 0.1) is 12.3 Å². The van der Waals surface area contributed by atoms with E-state index in [1.807, 2.05) is 66.4 Å². The van der Waals surface area contributed by atoms with E-state index in [2.05, 4.69) is 11.2 Å². The number of anilines is 1. The number of amides is 2. The third kappa shape index (κ3) is 3.62. The third-order valence-electron chi connectivity index (χ3n) is 4.66. The van der Waals surface area contributed by atoms with Crippen LogP contribution < -0.4 is 10.2 Å². The highest BCUT2D eigenvalue weighted by molar-refractivity contribution is 6.07. The summed E-state index contributed by atoms with van der Waals surface area (Å²) in [6.45, 7) is 2.01. The minimum Gasteiger partial charge on any atom is -0.349 e. The first-order valence-electron chi connectivity index (χ1n) is 8.82. The number of hydrogen-bond acceptors (Lipinski definition) is 2. The quantitative estimate of drug-likeness (QED) is 0.858. The highest BCUT2D eigenvalue weighted by atomic mass is 16.2. The smallest absolute Gasteiger partial charge is 0.258 e. The molecule has 26 heavy (non-hydrogen) atoms. The van der Waals surface area contributed by atoms with E-state index in [-0.39, 0.29) is 23.9 Å². The minimum absolute atomic E-state index is 0.0253. The molecule has 0 bridgehead atoms. The van der Waals surface area contributed by atoms with Crippen molar-refractivity contribution in [1.29, 1.82) is 0 Å². The number of carbonyl (C=O) groups is 2. The molecule has 2 atom stereocenters. The Bertz CT molecular complexity index is 839.